The summed E-state index contributed by atoms with van der Waals surface area (Å²) in [5.41, 5.74) is 0.318. The number of benzene rings is 1. The highest BCUT2D eigenvalue weighted by atomic mass is 16.5. The van der Waals surface area contributed by atoms with E-state index in [0.717, 1.165) is 12.8 Å². The van der Waals surface area contributed by atoms with Crippen LogP contribution >= 0.6 is 0 Å². The lowest BCUT2D eigenvalue weighted by atomic mass is 9.88. The third kappa shape index (κ3) is 3.99. The van der Waals surface area contributed by atoms with Gasteiger partial charge >= 0.3 is 0 Å². The number of hydrogen-bond acceptors (Lipinski definition) is 6. The summed E-state index contributed by atoms with van der Waals surface area (Å²) in [6, 6.07) is 3.38. The summed E-state index contributed by atoms with van der Waals surface area (Å²) in [4.78, 5) is 14.9. The molecule has 1 aliphatic heterocycles. The molecule has 0 aromatic heterocycles. The predicted octanol–water partition coefficient (Wildman–Crippen LogP) is 1.55. The number of nitrogens with zero attached hydrogens (tertiary/aromatic N) is 1. The van der Waals surface area contributed by atoms with Crippen LogP contribution in [0.2, 0.25) is 0 Å². The van der Waals surface area contributed by atoms with Crippen LogP contribution < -0.4 is 19.5 Å². The molecule has 0 atom stereocenters. The van der Waals surface area contributed by atoms with Crippen molar-refractivity contribution in [3.8, 4) is 17.2 Å². The van der Waals surface area contributed by atoms with Gasteiger partial charge in [0.1, 0.15) is 0 Å². The van der Waals surface area contributed by atoms with E-state index in [4.69, 9.17) is 18.9 Å². The van der Waals surface area contributed by atoms with Gasteiger partial charge in [0, 0.05) is 25.3 Å². The predicted molar refractivity (Wildman–Crippen MR) is 94.9 cm³/mol. The highest BCUT2D eigenvalue weighted by Gasteiger charge is 2.35. The van der Waals surface area contributed by atoms with Gasteiger partial charge in [-0.15, -0.1) is 0 Å². The zero-order valence-corrected chi connectivity index (χ0v) is 15.7. The maximum atomic E-state index is 12.8. The molecule has 1 saturated heterocycles. The number of carbonyl (C=O) groups excluding carboxylic acids is 1. The number of hydrogen-bond donors (Lipinski definition) is 1. The fraction of sp³-hybridized carbons (Fsp3) is 0.611. The van der Waals surface area contributed by atoms with E-state index in [-0.39, 0.29) is 11.4 Å². The number of rotatable bonds is 7. The van der Waals surface area contributed by atoms with E-state index < -0.39 is 0 Å². The Labute approximate surface area is 149 Å². The lowest BCUT2D eigenvalue weighted by Gasteiger charge is -2.42. The normalized spacial score (nSPS) is 16.4. The van der Waals surface area contributed by atoms with Crippen molar-refractivity contribution in [2.75, 3.05) is 55.2 Å². The molecule has 2 rings (SSSR count). The van der Waals surface area contributed by atoms with Crippen LogP contribution in [-0.2, 0) is 4.74 Å². The van der Waals surface area contributed by atoms with E-state index in [1.165, 1.54) is 14.2 Å². The summed E-state index contributed by atoms with van der Waals surface area (Å²) in [7, 11) is 8.64. The van der Waals surface area contributed by atoms with Gasteiger partial charge in [0.25, 0.3) is 5.91 Å². The molecule has 25 heavy (non-hydrogen) atoms. The molecule has 0 unspecified atom stereocenters. The van der Waals surface area contributed by atoms with Gasteiger partial charge < -0.3 is 29.2 Å². The molecule has 0 spiro atoms. The lowest BCUT2D eigenvalue weighted by molar-refractivity contribution is -0.00659. The second kappa shape index (κ2) is 8.40. The molecule has 0 aliphatic carbocycles. The van der Waals surface area contributed by atoms with Gasteiger partial charge in [-0.1, -0.05) is 0 Å². The summed E-state index contributed by atoms with van der Waals surface area (Å²) < 4.78 is 21.5. The standard InChI is InChI=1S/C18H28N2O5/c1-20(2)18(8-10-25-11-9-18)12-19-17(21)13-6-7-14(22-3)16(24-5)15(13)23-4/h6-7H,8-12H2,1-5H3,(H,19,21). The van der Waals surface area contributed by atoms with Crippen LogP contribution in [0.5, 0.6) is 17.2 Å². The minimum Gasteiger partial charge on any atom is -0.493 e. The van der Waals surface area contributed by atoms with E-state index in [1.54, 1.807) is 19.2 Å². The average Bonchev–Trinajstić information content (AvgIpc) is 2.65. The highest BCUT2D eigenvalue weighted by Crippen LogP contribution is 2.39. The number of likely N-dealkylation sites (N-methyl/N-ethyl adjacent to an activating group) is 1. The summed E-state index contributed by atoms with van der Waals surface area (Å²) >= 11 is 0. The molecule has 0 saturated carbocycles. The molecule has 1 heterocycles. The Hall–Kier alpha value is -1.99. The third-order valence-corrected chi connectivity index (χ3v) is 4.90. The van der Waals surface area contributed by atoms with Crippen LogP contribution in [-0.4, -0.2) is 71.5 Å². The van der Waals surface area contributed by atoms with Crippen molar-refractivity contribution in [2.45, 2.75) is 18.4 Å². The minimum absolute atomic E-state index is 0.0995. The first kappa shape index (κ1) is 19.3. The largest absolute Gasteiger partial charge is 0.493 e. The lowest BCUT2D eigenvalue weighted by Crippen LogP contribution is -2.55. The van der Waals surface area contributed by atoms with Gasteiger partial charge in [-0.3, -0.25) is 4.79 Å². The molecule has 140 valence electrons. The van der Waals surface area contributed by atoms with Crippen molar-refractivity contribution < 1.29 is 23.7 Å². The van der Waals surface area contributed by atoms with E-state index in [0.29, 0.717) is 42.6 Å². The maximum Gasteiger partial charge on any atom is 0.255 e. The monoisotopic (exact) mass is 352 g/mol. The Bertz CT molecular complexity index is 597. The topological polar surface area (TPSA) is 69.3 Å². The molecule has 1 fully saturated rings. The molecule has 1 N–H and O–H groups in total. The van der Waals surface area contributed by atoms with Crippen LogP contribution in [0, 0.1) is 0 Å². The Morgan fingerprint density at radius 2 is 1.76 bits per heavy atom. The number of ether oxygens (including phenoxy) is 4. The fourth-order valence-electron chi connectivity index (χ4n) is 3.15. The number of nitrogens with one attached hydrogen (secondary N) is 1. The first-order valence-corrected chi connectivity index (χ1v) is 8.31. The SMILES string of the molecule is COc1ccc(C(=O)NCC2(N(C)C)CCOCC2)c(OC)c1OC. The van der Waals surface area contributed by atoms with Crippen LogP contribution in [0.1, 0.15) is 23.2 Å². The molecule has 7 heteroatoms. The van der Waals surface area contributed by atoms with Crippen molar-refractivity contribution in [3.05, 3.63) is 17.7 Å². The first-order chi connectivity index (χ1) is 12.0. The number of carbonyl (C=O) groups is 1. The fourth-order valence-corrected chi connectivity index (χ4v) is 3.15. The summed E-state index contributed by atoms with van der Waals surface area (Å²) in [5, 5.41) is 3.04. The second-order valence-corrected chi connectivity index (χ2v) is 6.30. The average molecular weight is 352 g/mol. The van der Waals surface area contributed by atoms with Crippen molar-refractivity contribution in [2.24, 2.45) is 0 Å². The van der Waals surface area contributed by atoms with Gasteiger partial charge in [0.05, 0.1) is 26.9 Å². The Kier molecular flexibility index (Phi) is 6.50. The molecule has 1 aromatic rings. The third-order valence-electron chi connectivity index (χ3n) is 4.90. The zero-order valence-electron chi connectivity index (χ0n) is 15.7. The van der Waals surface area contributed by atoms with E-state index >= 15 is 0 Å². The Morgan fingerprint density at radius 1 is 1.12 bits per heavy atom. The molecule has 0 radical (unpaired) electrons. The molecule has 1 aliphatic rings. The van der Waals surface area contributed by atoms with Gasteiger partial charge in [0.2, 0.25) is 5.75 Å². The van der Waals surface area contributed by atoms with Crippen LogP contribution in [0.4, 0.5) is 0 Å². The quantitative estimate of drug-likeness (QED) is 0.803. The summed E-state index contributed by atoms with van der Waals surface area (Å²) in [6.45, 7) is 1.95. The molecule has 1 aromatic carbocycles. The van der Waals surface area contributed by atoms with Crippen molar-refractivity contribution in [1.82, 2.24) is 10.2 Å². The van der Waals surface area contributed by atoms with Crippen LogP contribution in [0.15, 0.2) is 12.1 Å². The molecular formula is C18H28N2O5. The molecule has 7 nitrogen and oxygen atoms in total. The first-order valence-electron chi connectivity index (χ1n) is 8.31. The second-order valence-electron chi connectivity index (χ2n) is 6.30. The molecular weight excluding hydrogens is 324 g/mol. The highest BCUT2D eigenvalue weighted by molar-refractivity contribution is 5.98. The number of methoxy groups -OCH3 is 3. The van der Waals surface area contributed by atoms with Gasteiger partial charge in [-0.2, -0.15) is 0 Å². The van der Waals surface area contributed by atoms with E-state index in [1.807, 2.05) is 14.1 Å². The van der Waals surface area contributed by atoms with Crippen LogP contribution in [0.3, 0.4) is 0 Å². The van der Waals surface area contributed by atoms with Gasteiger partial charge in [-0.05, 0) is 39.1 Å². The smallest absolute Gasteiger partial charge is 0.255 e. The van der Waals surface area contributed by atoms with Crippen molar-refractivity contribution in [3.63, 3.8) is 0 Å². The van der Waals surface area contributed by atoms with E-state index in [9.17, 15) is 4.79 Å². The molecule has 0 bridgehead atoms. The minimum atomic E-state index is -0.203. The molecule has 1 amide bonds. The number of amides is 1. The van der Waals surface area contributed by atoms with Crippen molar-refractivity contribution >= 4 is 5.91 Å². The Balaban J connectivity index is 2.20. The Morgan fingerprint density at radius 3 is 2.28 bits per heavy atom. The van der Waals surface area contributed by atoms with Crippen molar-refractivity contribution in [1.29, 1.82) is 0 Å². The van der Waals surface area contributed by atoms with Gasteiger partial charge in [-0.25, -0.2) is 0 Å². The van der Waals surface area contributed by atoms with Crippen LogP contribution in [0.25, 0.3) is 0 Å². The zero-order chi connectivity index (χ0) is 18.4. The summed E-state index contributed by atoms with van der Waals surface area (Å²) in [5.74, 6) is 1.09. The summed E-state index contributed by atoms with van der Waals surface area (Å²) in [6.07, 6.45) is 1.76. The van der Waals surface area contributed by atoms with E-state index in [2.05, 4.69) is 10.2 Å². The maximum absolute atomic E-state index is 12.8. The van der Waals surface area contributed by atoms with Gasteiger partial charge in [0.15, 0.2) is 11.5 Å².